The van der Waals surface area contributed by atoms with Gasteiger partial charge in [0.2, 0.25) is 29.5 Å². The van der Waals surface area contributed by atoms with Crippen molar-refractivity contribution >= 4 is 64.4 Å². The maximum absolute atomic E-state index is 13.4. The first-order chi connectivity index (χ1) is 31.0. The number of hydrogen-bond donors (Lipinski definition) is 8. The van der Waals surface area contributed by atoms with E-state index < -0.39 is 120 Å². The molecule has 20 heteroatoms. The Morgan fingerprint density at radius 3 is 2.08 bits per heavy atom. The van der Waals surface area contributed by atoms with Gasteiger partial charge in [0.05, 0.1) is 54.8 Å². The Bertz CT molecular complexity index is 1740. The highest BCUT2D eigenvalue weighted by molar-refractivity contribution is 5.97. The zero-order valence-electron chi connectivity index (χ0n) is 39.3. The van der Waals surface area contributed by atoms with Crippen LogP contribution in [0.1, 0.15) is 144 Å². The fraction of sp³-hybridized carbons (Fsp3) is 0.761. The maximum atomic E-state index is 13.4. The van der Waals surface area contributed by atoms with Crippen LogP contribution in [-0.4, -0.2) is 141 Å². The highest BCUT2D eigenvalue weighted by atomic mass is 16.4. The number of primary amides is 1. The zero-order chi connectivity index (χ0) is 49.7. The molecule has 0 spiro atoms. The van der Waals surface area contributed by atoms with Gasteiger partial charge in [0, 0.05) is 70.4 Å². The quantitative estimate of drug-likeness (QED) is 0.0418. The van der Waals surface area contributed by atoms with E-state index in [0.29, 0.717) is 32.2 Å². The van der Waals surface area contributed by atoms with E-state index in [2.05, 4.69) is 21.3 Å². The third kappa shape index (κ3) is 20.3. The van der Waals surface area contributed by atoms with Gasteiger partial charge in [-0.25, -0.2) is 0 Å². The Morgan fingerprint density at radius 1 is 0.788 bits per heavy atom. The van der Waals surface area contributed by atoms with E-state index in [1.807, 2.05) is 20.8 Å². The third-order valence-electron chi connectivity index (χ3n) is 12.2. The van der Waals surface area contributed by atoms with Crippen LogP contribution >= 0.6 is 0 Å². The number of Topliss-reactive ketones (excluding diaryl/α,β-unsaturated/α-hetero) is 5. The molecule has 2 aliphatic heterocycles. The Balaban J connectivity index is 1.95. The standard InChI is InChI=1S/C46H74N6O14/c1-6-7-8-10-29(46(65)66)21-40(59)36-11-9-18-52(36)43(62)17-14-37(56)27(4)50-44(63)30(19-26(2)3)20-31(54)25-49-45(64)33(28(5)53)23-39(58)34(12-15-41(47)60)51-42(61)16-13-38(57)35-22-32(55)24-48-35/h26-30,32-36,48,53,55H,6-25H2,1-5H3,(H2,47,60)(H,49,64)(H,50,63)(H,51,61)(H,65,66)/t27-,28?,29+,30+,32+,33-,34-,35-,36-/m0/s1. The number of nitrogens with one attached hydrogen (secondary N) is 4. The summed E-state index contributed by atoms with van der Waals surface area (Å²) < 4.78 is 0. The van der Waals surface area contributed by atoms with E-state index in [1.165, 1.54) is 18.7 Å². The average molecular weight is 935 g/mol. The average Bonchev–Trinajstić information content (AvgIpc) is 3.93. The van der Waals surface area contributed by atoms with Gasteiger partial charge >= 0.3 is 5.97 Å². The van der Waals surface area contributed by atoms with Crippen molar-refractivity contribution < 1.29 is 68.1 Å². The van der Waals surface area contributed by atoms with Crippen LogP contribution < -0.4 is 27.0 Å². The Hall–Kier alpha value is -4.95. The number of amides is 5. The van der Waals surface area contributed by atoms with Crippen molar-refractivity contribution in [3.63, 3.8) is 0 Å². The largest absolute Gasteiger partial charge is 0.481 e. The van der Waals surface area contributed by atoms with Crippen LogP contribution in [0.5, 0.6) is 0 Å². The monoisotopic (exact) mass is 935 g/mol. The molecule has 2 rings (SSSR count). The summed E-state index contributed by atoms with van der Waals surface area (Å²) in [7, 11) is 0. The molecule has 9 N–H and O–H groups in total. The topological polar surface area (TPSA) is 326 Å². The summed E-state index contributed by atoms with van der Waals surface area (Å²) in [4.78, 5) is 143. The number of hydrogen-bond acceptors (Lipinski definition) is 14. The number of rotatable bonds is 33. The summed E-state index contributed by atoms with van der Waals surface area (Å²) in [5.41, 5.74) is 5.27. The van der Waals surface area contributed by atoms with Gasteiger partial charge in [0.1, 0.15) is 5.78 Å². The fourth-order valence-electron chi connectivity index (χ4n) is 8.33. The minimum Gasteiger partial charge on any atom is -0.481 e. The number of carboxylic acids is 1. The maximum Gasteiger partial charge on any atom is 0.306 e. The second-order valence-corrected chi connectivity index (χ2v) is 18.4. The van der Waals surface area contributed by atoms with E-state index in [1.54, 1.807) is 0 Å². The normalized spacial score (nSPS) is 19.8. The fourth-order valence-corrected chi connectivity index (χ4v) is 8.33. The van der Waals surface area contributed by atoms with Crippen molar-refractivity contribution in [2.24, 2.45) is 29.4 Å². The molecule has 0 aromatic heterocycles. The molecule has 2 heterocycles. The molecule has 0 aromatic rings. The van der Waals surface area contributed by atoms with Gasteiger partial charge in [0.25, 0.3) is 0 Å². The summed E-state index contributed by atoms with van der Waals surface area (Å²) in [6.07, 6.45) is -0.330. The lowest BCUT2D eigenvalue weighted by atomic mass is 9.90. The number of nitrogens with two attached hydrogens (primary N) is 1. The molecule has 20 nitrogen and oxygen atoms in total. The van der Waals surface area contributed by atoms with Gasteiger partial charge < -0.3 is 47.2 Å². The van der Waals surface area contributed by atoms with E-state index in [-0.39, 0.29) is 88.2 Å². The lowest BCUT2D eigenvalue weighted by Gasteiger charge is -2.25. The molecule has 2 aliphatic rings. The van der Waals surface area contributed by atoms with Crippen molar-refractivity contribution in [1.29, 1.82) is 0 Å². The Kier molecular flexibility index (Phi) is 25.1. The van der Waals surface area contributed by atoms with E-state index in [9.17, 15) is 68.1 Å². The van der Waals surface area contributed by atoms with Crippen LogP contribution in [0, 0.1) is 23.7 Å². The van der Waals surface area contributed by atoms with Crippen LogP contribution in [0.2, 0.25) is 0 Å². The van der Waals surface area contributed by atoms with Gasteiger partial charge in [-0.15, -0.1) is 0 Å². The predicted molar refractivity (Wildman–Crippen MR) is 239 cm³/mol. The summed E-state index contributed by atoms with van der Waals surface area (Å²) in [6, 6.07) is -3.67. The molecule has 66 heavy (non-hydrogen) atoms. The number of aliphatic hydroxyl groups excluding tert-OH is 2. The summed E-state index contributed by atoms with van der Waals surface area (Å²) >= 11 is 0. The number of aliphatic carboxylic acids is 1. The first-order valence-electron chi connectivity index (χ1n) is 23.4. The first-order valence-corrected chi connectivity index (χ1v) is 23.4. The Labute approximate surface area is 387 Å². The van der Waals surface area contributed by atoms with E-state index in [0.717, 1.165) is 12.8 Å². The summed E-state index contributed by atoms with van der Waals surface area (Å²) in [5.74, 6) is -9.85. The van der Waals surface area contributed by atoms with Gasteiger partial charge in [-0.05, 0) is 58.3 Å². The number of unbranched alkanes of at least 4 members (excludes halogenated alkanes) is 2. The Morgan fingerprint density at radius 2 is 1.48 bits per heavy atom. The lowest BCUT2D eigenvalue weighted by Crippen LogP contribution is -2.46. The molecule has 2 fully saturated rings. The minimum absolute atomic E-state index is 0.0579. The molecule has 372 valence electrons. The van der Waals surface area contributed by atoms with E-state index >= 15 is 0 Å². The predicted octanol–water partition coefficient (Wildman–Crippen LogP) is 0.588. The number of aliphatic hydroxyl groups is 2. The smallest absolute Gasteiger partial charge is 0.306 e. The molecule has 0 aromatic carbocycles. The number of carbonyl (C=O) groups excluding carboxylic acids is 10. The molecule has 0 bridgehead atoms. The van der Waals surface area contributed by atoms with Gasteiger partial charge in [-0.1, -0.05) is 40.0 Å². The summed E-state index contributed by atoms with van der Waals surface area (Å²) in [6.45, 7) is 8.37. The summed E-state index contributed by atoms with van der Waals surface area (Å²) in [5, 5.41) is 40.2. The van der Waals surface area contributed by atoms with E-state index in [4.69, 9.17) is 5.73 Å². The van der Waals surface area contributed by atoms with Crippen molar-refractivity contribution in [1.82, 2.24) is 26.2 Å². The zero-order valence-corrected chi connectivity index (χ0v) is 39.3. The van der Waals surface area contributed by atoms with Crippen molar-refractivity contribution in [2.75, 3.05) is 19.6 Å². The van der Waals surface area contributed by atoms with Crippen LogP contribution in [-0.2, 0) is 52.7 Å². The molecule has 2 saturated heterocycles. The molecule has 0 radical (unpaired) electrons. The second kappa shape index (κ2) is 28.9. The first kappa shape index (κ1) is 57.2. The van der Waals surface area contributed by atoms with Crippen molar-refractivity contribution in [2.45, 2.75) is 180 Å². The van der Waals surface area contributed by atoms with Crippen LogP contribution in [0.4, 0.5) is 0 Å². The SMILES string of the molecule is CCCCC[C@H](CC(=O)[C@@H]1CCCN1C(=O)CCC(=O)[C@H](C)NC(=O)[C@@H](CC(=O)CNC(=O)[C@@H](CC(=O)[C@H](CCC(N)=O)NC(=O)CCC(=O)[C@@H]1C[C@@H](O)CN1)C(C)O)CC(C)C)C(=O)O. The second-order valence-electron chi connectivity index (χ2n) is 18.4. The highest BCUT2D eigenvalue weighted by Crippen LogP contribution is 2.25. The van der Waals surface area contributed by atoms with Gasteiger partial charge in [-0.3, -0.25) is 52.7 Å². The third-order valence-corrected chi connectivity index (χ3v) is 12.2. The highest BCUT2D eigenvalue weighted by Gasteiger charge is 2.37. The van der Waals surface area contributed by atoms with Crippen molar-refractivity contribution in [3.05, 3.63) is 0 Å². The molecule has 0 saturated carbocycles. The minimum atomic E-state index is -1.40. The number of likely N-dealkylation sites (tertiary alicyclic amines) is 1. The molecular formula is C46H74N6O14. The number of carboxylic acid groups (broad SMARTS) is 1. The molecular weight excluding hydrogens is 861 g/mol. The molecule has 0 aliphatic carbocycles. The number of nitrogens with zero attached hydrogens (tertiary/aromatic N) is 1. The van der Waals surface area contributed by atoms with Gasteiger partial charge in [-0.2, -0.15) is 0 Å². The number of ketones is 5. The molecule has 5 amide bonds. The number of carbonyl (C=O) groups is 11. The van der Waals surface area contributed by atoms with Crippen molar-refractivity contribution in [3.8, 4) is 0 Å². The van der Waals surface area contributed by atoms with Crippen LogP contribution in [0.15, 0.2) is 0 Å². The number of β-amino-alcohol motifs (C(OH)–C–C–N with tert-alkyl or cyclic N) is 1. The van der Waals surface area contributed by atoms with Crippen LogP contribution in [0.3, 0.4) is 0 Å². The van der Waals surface area contributed by atoms with Gasteiger partial charge in [0.15, 0.2) is 23.1 Å². The lowest BCUT2D eigenvalue weighted by molar-refractivity contribution is -0.145. The molecule has 1 unspecified atom stereocenters. The van der Waals surface area contributed by atoms with Crippen LogP contribution in [0.25, 0.3) is 0 Å². The molecule has 9 atom stereocenters.